The number of cyclic esters (lactones) is 1. The number of aliphatic hydroxyl groups is 1. The molecular weight excluding hydrogens is 472 g/mol. The summed E-state index contributed by atoms with van der Waals surface area (Å²) in [7, 11) is 0. The third-order valence-electron chi connectivity index (χ3n) is 9.30. The lowest BCUT2D eigenvalue weighted by atomic mass is 9.74. The number of rotatable bonds is 4. The summed E-state index contributed by atoms with van der Waals surface area (Å²) < 4.78 is 12.5. The van der Waals surface area contributed by atoms with Crippen molar-refractivity contribution in [3.63, 3.8) is 0 Å². The van der Waals surface area contributed by atoms with Crippen LogP contribution in [0, 0.1) is 17.8 Å². The van der Waals surface area contributed by atoms with Crippen molar-refractivity contribution in [1.82, 2.24) is 9.80 Å². The van der Waals surface area contributed by atoms with Crippen LogP contribution in [0.15, 0.2) is 24.3 Å². The Balaban J connectivity index is 1.64. The first-order valence-corrected chi connectivity index (χ1v) is 14.2. The molecule has 0 aromatic heterocycles. The first-order valence-electron chi connectivity index (χ1n) is 14.2. The standard InChI is InChI=1S/C29H42N2O6/c1-19(2)21(18-32)31-24-26(34)30(20-12-7-6-8-13-20)16-11-15-29(24)22(25(31)33)23-27(35)36-17-10-5-4-9-14-28(23,3)37-29/h9,11,14-15,19-24,32H,4-8,10,12-13,16-18H2,1-3H3/b14-9-/t21-,22-,23-,24?,28+,29-/m0/s1. The van der Waals surface area contributed by atoms with Gasteiger partial charge in [-0.2, -0.15) is 0 Å². The third kappa shape index (κ3) is 4.24. The number of esters is 1. The van der Waals surface area contributed by atoms with E-state index in [9.17, 15) is 19.5 Å². The highest BCUT2D eigenvalue weighted by Gasteiger charge is 2.75. The van der Waals surface area contributed by atoms with Gasteiger partial charge in [0.2, 0.25) is 11.8 Å². The summed E-state index contributed by atoms with van der Waals surface area (Å²) in [6.45, 7) is 6.21. The number of allylic oxidation sites excluding steroid dienone is 1. The van der Waals surface area contributed by atoms with Gasteiger partial charge in [-0.15, -0.1) is 0 Å². The number of aliphatic hydroxyl groups excluding tert-OH is 1. The van der Waals surface area contributed by atoms with Gasteiger partial charge >= 0.3 is 5.97 Å². The summed E-state index contributed by atoms with van der Waals surface area (Å²) in [6.07, 6.45) is 15.5. The molecule has 6 atom stereocenters. The van der Waals surface area contributed by atoms with Crippen molar-refractivity contribution in [3.05, 3.63) is 24.3 Å². The Morgan fingerprint density at radius 3 is 2.46 bits per heavy atom. The minimum absolute atomic E-state index is 0.0877. The summed E-state index contributed by atoms with van der Waals surface area (Å²) in [5.41, 5.74) is -2.40. The maximum atomic E-state index is 14.5. The molecule has 37 heavy (non-hydrogen) atoms. The molecule has 1 aliphatic carbocycles. The molecule has 1 spiro atoms. The Hall–Kier alpha value is -2.19. The van der Waals surface area contributed by atoms with Crippen LogP contribution in [-0.2, 0) is 23.9 Å². The number of amides is 2. The van der Waals surface area contributed by atoms with Crippen LogP contribution in [0.3, 0.4) is 0 Å². The second kappa shape index (κ2) is 10.2. The fourth-order valence-corrected chi connectivity index (χ4v) is 7.45. The summed E-state index contributed by atoms with van der Waals surface area (Å²) in [6, 6.07) is -1.39. The van der Waals surface area contributed by atoms with Crippen LogP contribution in [0.2, 0.25) is 0 Å². The van der Waals surface area contributed by atoms with Crippen LogP contribution in [0.5, 0.6) is 0 Å². The van der Waals surface area contributed by atoms with Gasteiger partial charge in [-0.3, -0.25) is 14.4 Å². The van der Waals surface area contributed by atoms with Gasteiger partial charge in [0.25, 0.3) is 0 Å². The van der Waals surface area contributed by atoms with E-state index < -0.39 is 41.1 Å². The molecule has 2 amide bonds. The Kier molecular flexibility index (Phi) is 7.26. The van der Waals surface area contributed by atoms with Gasteiger partial charge in [-0.25, -0.2) is 0 Å². The molecule has 8 nitrogen and oxygen atoms in total. The summed E-state index contributed by atoms with van der Waals surface area (Å²) in [4.78, 5) is 45.9. The minimum Gasteiger partial charge on any atom is -0.465 e. The van der Waals surface area contributed by atoms with Crippen molar-refractivity contribution in [2.75, 3.05) is 19.8 Å². The van der Waals surface area contributed by atoms with E-state index in [1.807, 2.05) is 50.0 Å². The second-order valence-corrected chi connectivity index (χ2v) is 12.0. The van der Waals surface area contributed by atoms with Crippen molar-refractivity contribution in [2.45, 2.75) is 101 Å². The molecule has 204 valence electrons. The van der Waals surface area contributed by atoms with Gasteiger partial charge in [0.15, 0.2) is 0 Å². The first-order chi connectivity index (χ1) is 17.7. The Labute approximate surface area is 220 Å². The Morgan fingerprint density at radius 1 is 1.00 bits per heavy atom. The number of likely N-dealkylation sites (tertiary alicyclic amines) is 1. The van der Waals surface area contributed by atoms with E-state index in [1.54, 1.807) is 4.90 Å². The highest BCUT2D eigenvalue weighted by molar-refractivity contribution is 5.99. The number of ether oxygens (including phenoxy) is 2. The van der Waals surface area contributed by atoms with Crippen molar-refractivity contribution in [2.24, 2.45) is 17.8 Å². The van der Waals surface area contributed by atoms with Crippen LogP contribution in [0.4, 0.5) is 0 Å². The zero-order valence-corrected chi connectivity index (χ0v) is 22.4. The van der Waals surface area contributed by atoms with Gasteiger partial charge in [0.05, 0.1) is 30.8 Å². The molecule has 4 aliphatic heterocycles. The smallest absolute Gasteiger partial charge is 0.313 e. The topological polar surface area (TPSA) is 96.4 Å². The predicted molar refractivity (Wildman–Crippen MR) is 137 cm³/mol. The van der Waals surface area contributed by atoms with Crippen LogP contribution < -0.4 is 0 Å². The first kappa shape index (κ1) is 26.4. The van der Waals surface area contributed by atoms with Crippen LogP contribution in [0.25, 0.3) is 0 Å². The number of nitrogens with zero attached hydrogens (tertiary/aromatic N) is 2. The van der Waals surface area contributed by atoms with Crippen LogP contribution in [0.1, 0.15) is 72.1 Å². The van der Waals surface area contributed by atoms with E-state index in [4.69, 9.17) is 9.47 Å². The van der Waals surface area contributed by atoms with Gasteiger partial charge in [0.1, 0.15) is 17.6 Å². The molecule has 1 N–H and O–H groups in total. The van der Waals surface area contributed by atoms with E-state index in [0.717, 1.165) is 44.9 Å². The van der Waals surface area contributed by atoms with E-state index >= 15 is 0 Å². The number of fused-ring (bicyclic) bond motifs is 2. The summed E-state index contributed by atoms with van der Waals surface area (Å²) in [5.74, 6) is -2.78. The predicted octanol–water partition coefficient (Wildman–Crippen LogP) is 2.99. The van der Waals surface area contributed by atoms with E-state index in [0.29, 0.717) is 13.2 Å². The Bertz CT molecular complexity index is 971. The number of carbonyl (C=O) groups is 3. The fourth-order valence-electron chi connectivity index (χ4n) is 7.45. The van der Waals surface area contributed by atoms with E-state index in [-0.39, 0.29) is 30.4 Å². The van der Waals surface area contributed by atoms with E-state index in [2.05, 4.69) is 0 Å². The maximum Gasteiger partial charge on any atom is 0.313 e. The third-order valence-corrected chi connectivity index (χ3v) is 9.30. The van der Waals surface area contributed by atoms with E-state index in [1.165, 1.54) is 6.42 Å². The van der Waals surface area contributed by atoms with Crippen molar-refractivity contribution in [3.8, 4) is 0 Å². The number of hydrogen-bond acceptors (Lipinski definition) is 6. The zero-order chi connectivity index (χ0) is 26.4. The van der Waals surface area contributed by atoms with Gasteiger partial charge in [-0.1, -0.05) is 57.4 Å². The molecule has 8 heteroatoms. The molecule has 0 bridgehead atoms. The van der Waals surface area contributed by atoms with Crippen molar-refractivity contribution in [1.29, 1.82) is 0 Å². The number of carbonyl (C=O) groups excluding carboxylic acids is 3. The highest BCUT2D eigenvalue weighted by Crippen LogP contribution is 2.57. The number of hydrogen-bond donors (Lipinski definition) is 1. The normalized spacial score (nSPS) is 38.6. The van der Waals surface area contributed by atoms with Gasteiger partial charge < -0.3 is 24.4 Å². The largest absolute Gasteiger partial charge is 0.465 e. The molecule has 5 rings (SSSR count). The lowest BCUT2D eigenvalue weighted by Crippen LogP contribution is -2.60. The van der Waals surface area contributed by atoms with Gasteiger partial charge in [-0.05, 0) is 44.9 Å². The monoisotopic (exact) mass is 514 g/mol. The molecule has 4 heterocycles. The maximum absolute atomic E-state index is 14.5. The van der Waals surface area contributed by atoms with Crippen molar-refractivity contribution < 1.29 is 29.0 Å². The van der Waals surface area contributed by atoms with Crippen LogP contribution >= 0.6 is 0 Å². The molecule has 0 aromatic carbocycles. The molecule has 0 radical (unpaired) electrons. The lowest BCUT2D eigenvalue weighted by Gasteiger charge is -2.43. The SMILES string of the molecule is CC(C)[C@H](CO)N1C(=O)[C@@H]2[C@H]3C(=O)OCCCC/C=C\[C@@]3(C)O[C@@]23C=CCN(C2CCCCC2)C(=O)C13. The van der Waals surface area contributed by atoms with Crippen molar-refractivity contribution >= 4 is 17.8 Å². The quantitative estimate of drug-likeness (QED) is 0.458. The average Bonchev–Trinajstić information content (AvgIpc) is 3.20. The molecule has 2 saturated heterocycles. The summed E-state index contributed by atoms with van der Waals surface area (Å²) in [5, 5.41) is 10.4. The molecule has 5 aliphatic rings. The minimum atomic E-state index is -1.31. The zero-order valence-electron chi connectivity index (χ0n) is 22.4. The molecule has 0 aromatic rings. The van der Waals surface area contributed by atoms with Crippen LogP contribution in [-0.4, -0.2) is 81.8 Å². The second-order valence-electron chi connectivity index (χ2n) is 12.0. The molecular formula is C29H42N2O6. The molecule has 1 unspecified atom stereocenters. The van der Waals surface area contributed by atoms with Gasteiger partial charge in [0, 0.05) is 12.6 Å². The Morgan fingerprint density at radius 2 is 1.76 bits per heavy atom. The highest BCUT2D eigenvalue weighted by atomic mass is 16.6. The summed E-state index contributed by atoms with van der Waals surface area (Å²) >= 11 is 0. The molecule has 1 saturated carbocycles. The molecule has 3 fully saturated rings. The average molecular weight is 515 g/mol. The fraction of sp³-hybridized carbons (Fsp3) is 0.759. The lowest BCUT2D eigenvalue weighted by molar-refractivity contribution is -0.163.